The highest BCUT2D eigenvalue weighted by atomic mass is 16.2. The van der Waals surface area contributed by atoms with Crippen LogP contribution in [0.15, 0.2) is 0 Å². The molecule has 0 aromatic rings. The van der Waals surface area contributed by atoms with Gasteiger partial charge in [-0.15, -0.1) is 0 Å². The number of hydrogen-bond acceptors (Lipinski definition) is 3. The highest BCUT2D eigenvalue weighted by Crippen LogP contribution is 2.20. The van der Waals surface area contributed by atoms with E-state index < -0.39 is 0 Å². The maximum Gasteiger partial charge on any atom is 0.223 e. The Kier molecular flexibility index (Phi) is 8.20. The third-order valence-corrected chi connectivity index (χ3v) is 3.14. The van der Waals surface area contributed by atoms with Gasteiger partial charge in [-0.2, -0.15) is 0 Å². The lowest BCUT2D eigenvalue weighted by Crippen LogP contribution is -2.48. The lowest BCUT2D eigenvalue weighted by molar-refractivity contribution is -0.134. The van der Waals surface area contributed by atoms with Crippen LogP contribution < -0.4 is 5.32 Å². The number of likely N-dealkylation sites (N-methyl/N-ethyl adjacent to an activating group) is 1. The van der Waals surface area contributed by atoms with Crippen molar-refractivity contribution in [2.75, 3.05) is 46.8 Å². The minimum absolute atomic E-state index is 0.0508. The second kappa shape index (κ2) is 8.48. The summed E-state index contributed by atoms with van der Waals surface area (Å²) in [4.78, 5) is 16.3. The molecular formula is C14H31N3O. The molecule has 1 aliphatic heterocycles. The summed E-state index contributed by atoms with van der Waals surface area (Å²) in [5.74, 6) is 0.299. The van der Waals surface area contributed by atoms with Gasteiger partial charge < -0.3 is 15.1 Å². The molecule has 1 saturated heterocycles. The summed E-state index contributed by atoms with van der Waals surface area (Å²) in [6.07, 6.45) is 0.636. The lowest BCUT2D eigenvalue weighted by atomic mass is 9.88. The monoisotopic (exact) mass is 257 g/mol. The van der Waals surface area contributed by atoms with E-state index in [0.29, 0.717) is 12.3 Å². The molecule has 0 aliphatic carbocycles. The molecule has 0 bridgehead atoms. The number of nitrogens with zero attached hydrogens (tertiary/aromatic N) is 2. The van der Waals surface area contributed by atoms with Crippen LogP contribution in [-0.2, 0) is 4.79 Å². The van der Waals surface area contributed by atoms with Crippen molar-refractivity contribution in [3.63, 3.8) is 0 Å². The van der Waals surface area contributed by atoms with Crippen LogP contribution in [0.4, 0.5) is 0 Å². The Labute approximate surface area is 113 Å². The fourth-order valence-corrected chi connectivity index (χ4v) is 2.12. The smallest absolute Gasteiger partial charge is 0.223 e. The van der Waals surface area contributed by atoms with Crippen molar-refractivity contribution in [2.24, 2.45) is 5.41 Å². The number of rotatable bonds is 4. The van der Waals surface area contributed by atoms with Gasteiger partial charge >= 0.3 is 0 Å². The number of carbonyl (C=O) groups excluding carboxylic acids is 1. The molecule has 0 aromatic carbocycles. The second-order valence-corrected chi connectivity index (χ2v) is 5.56. The Bertz CT molecular complexity index is 233. The quantitative estimate of drug-likeness (QED) is 0.827. The number of hydrogen-bond donors (Lipinski definition) is 1. The molecule has 1 fully saturated rings. The van der Waals surface area contributed by atoms with E-state index in [2.05, 4.69) is 31.1 Å². The number of amides is 1. The van der Waals surface area contributed by atoms with Crippen LogP contribution in [0.5, 0.6) is 0 Å². The van der Waals surface area contributed by atoms with E-state index in [9.17, 15) is 4.79 Å². The average molecular weight is 257 g/mol. The van der Waals surface area contributed by atoms with Crippen molar-refractivity contribution < 1.29 is 4.79 Å². The molecule has 0 radical (unpaired) electrons. The van der Waals surface area contributed by atoms with Crippen LogP contribution in [0.1, 0.15) is 34.1 Å². The zero-order valence-electron chi connectivity index (χ0n) is 13.0. The Morgan fingerprint density at radius 1 is 1.17 bits per heavy atom. The van der Waals surface area contributed by atoms with Gasteiger partial charge in [-0.05, 0) is 19.5 Å². The maximum atomic E-state index is 12.1. The molecule has 1 rings (SSSR count). The van der Waals surface area contributed by atoms with E-state index in [0.717, 1.165) is 32.7 Å². The maximum absolute atomic E-state index is 12.1. The van der Waals surface area contributed by atoms with Gasteiger partial charge in [-0.25, -0.2) is 0 Å². The summed E-state index contributed by atoms with van der Waals surface area (Å²) in [5.41, 5.74) is 0.0508. The summed E-state index contributed by atoms with van der Waals surface area (Å²) in [6, 6.07) is 0. The summed E-state index contributed by atoms with van der Waals surface area (Å²) < 4.78 is 0. The van der Waals surface area contributed by atoms with Crippen LogP contribution in [0.3, 0.4) is 0 Å². The van der Waals surface area contributed by atoms with E-state index in [1.54, 1.807) is 0 Å². The van der Waals surface area contributed by atoms with Crippen molar-refractivity contribution >= 4 is 5.91 Å². The Morgan fingerprint density at radius 2 is 1.67 bits per heavy atom. The van der Waals surface area contributed by atoms with Crippen LogP contribution in [0.2, 0.25) is 0 Å². The third-order valence-electron chi connectivity index (χ3n) is 3.14. The fraction of sp³-hybridized carbons (Fsp3) is 0.929. The number of carbonyl (C=O) groups is 1. The zero-order chi connectivity index (χ0) is 14.2. The molecule has 1 heterocycles. The van der Waals surface area contributed by atoms with Crippen molar-refractivity contribution in [1.82, 2.24) is 15.1 Å². The van der Waals surface area contributed by atoms with Crippen LogP contribution in [0.25, 0.3) is 0 Å². The summed E-state index contributed by atoms with van der Waals surface area (Å²) in [7, 11) is 4.04. The summed E-state index contributed by atoms with van der Waals surface area (Å²) in [6.45, 7) is 12.9. The first-order chi connectivity index (χ1) is 8.44. The van der Waals surface area contributed by atoms with E-state index in [1.165, 1.54) is 0 Å². The largest absolute Gasteiger partial charge is 0.340 e. The van der Waals surface area contributed by atoms with Crippen LogP contribution in [-0.4, -0.2) is 62.5 Å². The van der Waals surface area contributed by atoms with Gasteiger partial charge in [0.05, 0.1) is 0 Å². The van der Waals surface area contributed by atoms with Crippen LogP contribution >= 0.6 is 0 Å². The molecule has 0 unspecified atom stereocenters. The lowest BCUT2D eigenvalue weighted by Gasteiger charge is -2.34. The van der Waals surface area contributed by atoms with Crippen LogP contribution in [0, 0.1) is 5.41 Å². The van der Waals surface area contributed by atoms with Gasteiger partial charge in [-0.3, -0.25) is 4.79 Å². The topological polar surface area (TPSA) is 35.6 Å². The molecule has 18 heavy (non-hydrogen) atoms. The van der Waals surface area contributed by atoms with Gasteiger partial charge in [-0.1, -0.05) is 27.7 Å². The second-order valence-electron chi connectivity index (χ2n) is 5.56. The molecule has 1 N–H and O–H groups in total. The molecule has 4 nitrogen and oxygen atoms in total. The molecule has 0 spiro atoms. The fourth-order valence-electron chi connectivity index (χ4n) is 2.12. The predicted octanol–water partition coefficient (Wildman–Crippen LogP) is 1.42. The highest BCUT2D eigenvalue weighted by Gasteiger charge is 2.26. The first kappa shape index (κ1) is 17.4. The van der Waals surface area contributed by atoms with Crippen molar-refractivity contribution in [2.45, 2.75) is 34.1 Å². The molecule has 0 saturated carbocycles. The molecule has 0 atom stereocenters. The minimum Gasteiger partial charge on any atom is -0.340 e. The Balaban J connectivity index is 0.00000137. The summed E-state index contributed by atoms with van der Waals surface area (Å²) >= 11 is 0. The van der Waals surface area contributed by atoms with Crippen molar-refractivity contribution in [3.05, 3.63) is 0 Å². The first-order valence-electron chi connectivity index (χ1n) is 7.05. The molecule has 4 heteroatoms. The average Bonchev–Trinajstić information content (AvgIpc) is 2.31. The normalized spacial score (nSPS) is 17.1. The van der Waals surface area contributed by atoms with Gasteiger partial charge in [0.2, 0.25) is 5.91 Å². The first-order valence-corrected chi connectivity index (χ1v) is 7.05. The standard InChI is InChI=1S/C12H25N3O.C2H6/c1-12(2,10-13-3)9-11(16)15-7-5-14(4)6-8-15;1-2/h13H,5-10H2,1-4H3;1-2H3. The van der Waals surface area contributed by atoms with Gasteiger partial charge in [0.15, 0.2) is 0 Å². The Morgan fingerprint density at radius 3 is 2.11 bits per heavy atom. The third kappa shape index (κ3) is 6.36. The van der Waals surface area contributed by atoms with Gasteiger partial charge in [0.1, 0.15) is 0 Å². The molecular weight excluding hydrogens is 226 g/mol. The van der Waals surface area contributed by atoms with Crippen molar-refractivity contribution in [1.29, 1.82) is 0 Å². The number of piperazine rings is 1. The summed E-state index contributed by atoms with van der Waals surface area (Å²) in [5, 5.41) is 3.14. The molecule has 108 valence electrons. The highest BCUT2D eigenvalue weighted by molar-refractivity contribution is 5.77. The predicted molar refractivity (Wildman–Crippen MR) is 77.7 cm³/mol. The zero-order valence-corrected chi connectivity index (χ0v) is 13.0. The molecule has 1 amide bonds. The van der Waals surface area contributed by atoms with E-state index in [-0.39, 0.29) is 5.41 Å². The molecule has 1 aliphatic rings. The molecule has 0 aromatic heterocycles. The SMILES string of the molecule is CC.CNCC(C)(C)CC(=O)N1CCN(C)CC1. The van der Waals surface area contributed by atoms with E-state index in [1.807, 2.05) is 25.8 Å². The van der Waals surface area contributed by atoms with Gasteiger partial charge in [0.25, 0.3) is 0 Å². The van der Waals surface area contributed by atoms with E-state index in [4.69, 9.17) is 0 Å². The Hall–Kier alpha value is -0.610. The number of nitrogens with one attached hydrogen (secondary N) is 1. The van der Waals surface area contributed by atoms with Gasteiger partial charge in [0, 0.05) is 39.1 Å². The van der Waals surface area contributed by atoms with Crippen molar-refractivity contribution in [3.8, 4) is 0 Å². The minimum atomic E-state index is 0.0508. The van der Waals surface area contributed by atoms with E-state index >= 15 is 0 Å².